The molecule has 1 aliphatic rings. The van der Waals surface area contributed by atoms with Crippen molar-refractivity contribution in [2.75, 3.05) is 35.0 Å². The van der Waals surface area contributed by atoms with E-state index in [9.17, 15) is 0 Å². The smallest absolute Gasteiger partial charge is 0.237 e. The van der Waals surface area contributed by atoms with E-state index in [1.165, 1.54) is 0 Å². The highest BCUT2D eigenvalue weighted by molar-refractivity contribution is 6.39. The van der Waals surface area contributed by atoms with Crippen LogP contribution in [0.5, 0.6) is 11.8 Å². The Hall–Kier alpha value is -3.34. The number of nitrogens with one attached hydrogen (secondary N) is 2. The van der Waals surface area contributed by atoms with Crippen molar-refractivity contribution in [3.05, 3.63) is 70.2 Å². The zero-order chi connectivity index (χ0) is 29.6. The quantitative estimate of drug-likeness (QED) is 0.206. The number of hydrogen-bond acceptors (Lipinski definition) is 9. The van der Waals surface area contributed by atoms with Gasteiger partial charge >= 0.3 is 0 Å². The molecule has 9 nitrogen and oxygen atoms in total. The highest BCUT2D eigenvalue weighted by Gasteiger charge is 2.29. The molecule has 2 aromatic heterocycles. The largest absolute Gasteiger partial charge is 0.480 e. The van der Waals surface area contributed by atoms with Gasteiger partial charge in [-0.15, -0.1) is 0 Å². The van der Waals surface area contributed by atoms with Crippen LogP contribution in [-0.2, 0) is 17.8 Å². The Morgan fingerprint density at radius 3 is 1.74 bits per heavy atom. The maximum absolute atomic E-state index is 7.01. The van der Waals surface area contributed by atoms with E-state index in [1.807, 2.05) is 43.4 Å². The molecule has 2 N–H and O–H groups in total. The van der Waals surface area contributed by atoms with Crippen molar-refractivity contribution in [2.24, 2.45) is 5.92 Å². The lowest BCUT2D eigenvalue weighted by molar-refractivity contribution is 0.0878. The van der Waals surface area contributed by atoms with Crippen molar-refractivity contribution in [3.63, 3.8) is 0 Å². The second kappa shape index (κ2) is 13.8. The molecule has 11 heteroatoms. The van der Waals surface area contributed by atoms with Crippen LogP contribution >= 0.6 is 23.2 Å². The lowest BCUT2D eigenvalue weighted by Crippen LogP contribution is -2.42. The van der Waals surface area contributed by atoms with Crippen LogP contribution in [0.2, 0.25) is 10.0 Å². The molecule has 2 aromatic carbocycles. The predicted octanol–water partition coefficient (Wildman–Crippen LogP) is 5.83. The fraction of sp³-hybridized carbons (Fsp3) is 0.355. The molecular weight excluding hydrogens is 575 g/mol. The van der Waals surface area contributed by atoms with E-state index in [-0.39, 0.29) is 0 Å². The van der Waals surface area contributed by atoms with Crippen LogP contribution in [0.3, 0.4) is 0 Å². The summed E-state index contributed by atoms with van der Waals surface area (Å²) < 4.78 is 16.3. The Bertz CT molecular complexity index is 1550. The van der Waals surface area contributed by atoms with Crippen LogP contribution in [0.1, 0.15) is 24.2 Å². The lowest BCUT2D eigenvalue weighted by atomic mass is 9.81. The fourth-order valence-electron chi connectivity index (χ4n) is 5.18. The van der Waals surface area contributed by atoms with Gasteiger partial charge in [-0.2, -0.15) is 0 Å². The van der Waals surface area contributed by atoms with Crippen LogP contribution in [0.4, 0.5) is 0 Å². The van der Waals surface area contributed by atoms with Gasteiger partial charge in [0.2, 0.25) is 11.8 Å². The number of hydrogen-bond donors (Lipinski definition) is 2. The van der Waals surface area contributed by atoms with Crippen LogP contribution in [0, 0.1) is 5.92 Å². The molecule has 2 heterocycles. The number of aromatic nitrogens is 4. The van der Waals surface area contributed by atoms with E-state index < -0.39 is 0 Å². The molecule has 0 saturated heterocycles. The van der Waals surface area contributed by atoms with E-state index in [4.69, 9.17) is 42.4 Å². The van der Waals surface area contributed by atoms with Crippen molar-refractivity contribution in [1.82, 2.24) is 30.6 Å². The first-order valence-corrected chi connectivity index (χ1v) is 14.5. The van der Waals surface area contributed by atoms with Crippen LogP contribution < -0.4 is 20.1 Å². The molecule has 0 unspecified atom stereocenters. The van der Waals surface area contributed by atoms with E-state index in [1.54, 1.807) is 33.7 Å². The van der Waals surface area contributed by atoms with Crippen LogP contribution in [0.15, 0.2) is 48.8 Å². The molecule has 0 bridgehead atoms. The zero-order valence-corrected chi connectivity index (χ0v) is 25.6. The van der Waals surface area contributed by atoms with Crippen molar-refractivity contribution in [2.45, 2.75) is 32.0 Å². The summed E-state index contributed by atoms with van der Waals surface area (Å²) in [6, 6.07) is 11.9. The minimum atomic E-state index is 0.442. The SMILES string of the molecule is CNCc1ncc(-c2cccc(-c3cccc(-c4cnc(CNC5CC(COC)C5)c(OC)n4)c3Cl)c2Cl)nc1OC. The number of nitrogens with zero attached hydrogens (tertiary/aromatic N) is 4. The van der Waals surface area contributed by atoms with Gasteiger partial charge in [-0.25, -0.2) is 9.97 Å². The van der Waals surface area contributed by atoms with Gasteiger partial charge in [-0.1, -0.05) is 59.6 Å². The molecule has 1 saturated carbocycles. The number of ether oxygens (including phenoxy) is 3. The van der Waals surface area contributed by atoms with Gasteiger partial charge < -0.3 is 24.8 Å². The molecule has 42 heavy (non-hydrogen) atoms. The average Bonchev–Trinajstić information content (AvgIpc) is 2.99. The number of benzene rings is 2. The van der Waals surface area contributed by atoms with Gasteiger partial charge in [0.15, 0.2) is 0 Å². The van der Waals surface area contributed by atoms with Crippen molar-refractivity contribution >= 4 is 23.2 Å². The first kappa shape index (κ1) is 30.1. The molecule has 4 aromatic rings. The minimum Gasteiger partial charge on any atom is -0.480 e. The summed E-state index contributed by atoms with van der Waals surface area (Å²) in [6.45, 7) is 1.91. The molecule has 0 spiro atoms. The Balaban J connectivity index is 1.41. The Labute approximate surface area is 256 Å². The molecular formula is C31H34Cl2N6O3. The maximum atomic E-state index is 7.01. The Kier molecular flexibility index (Phi) is 9.87. The van der Waals surface area contributed by atoms with Gasteiger partial charge in [-0.3, -0.25) is 9.97 Å². The lowest BCUT2D eigenvalue weighted by Gasteiger charge is -2.35. The summed E-state index contributed by atoms with van der Waals surface area (Å²) in [5, 5.41) is 7.62. The topological polar surface area (TPSA) is 103 Å². The van der Waals surface area contributed by atoms with Crippen molar-refractivity contribution in [3.8, 4) is 45.4 Å². The fourth-order valence-corrected chi connectivity index (χ4v) is 5.83. The predicted molar refractivity (Wildman–Crippen MR) is 165 cm³/mol. The van der Waals surface area contributed by atoms with Gasteiger partial charge in [0, 0.05) is 55.1 Å². The van der Waals surface area contributed by atoms with E-state index >= 15 is 0 Å². The molecule has 220 valence electrons. The Morgan fingerprint density at radius 1 is 0.762 bits per heavy atom. The highest BCUT2D eigenvalue weighted by atomic mass is 35.5. The van der Waals surface area contributed by atoms with Gasteiger partial charge in [-0.05, 0) is 25.8 Å². The van der Waals surface area contributed by atoms with Gasteiger partial charge in [0.1, 0.15) is 11.4 Å². The third-order valence-electron chi connectivity index (χ3n) is 7.39. The summed E-state index contributed by atoms with van der Waals surface area (Å²) in [7, 11) is 6.76. The molecule has 0 aliphatic heterocycles. The highest BCUT2D eigenvalue weighted by Crippen LogP contribution is 2.42. The first-order valence-electron chi connectivity index (χ1n) is 13.7. The third-order valence-corrected chi connectivity index (χ3v) is 8.20. The summed E-state index contributed by atoms with van der Waals surface area (Å²) in [5.41, 5.74) is 5.62. The van der Waals surface area contributed by atoms with Gasteiger partial charge in [0.05, 0.1) is 48.0 Å². The van der Waals surface area contributed by atoms with Crippen molar-refractivity contribution < 1.29 is 14.2 Å². The van der Waals surface area contributed by atoms with E-state index in [2.05, 4.69) is 25.6 Å². The van der Waals surface area contributed by atoms with E-state index in [0.29, 0.717) is 63.9 Å². The van der Waals surface area contributed by atoms with E-state index in [0.717, 1.165) is 47.4 Å². The van der Waals surface area contributed by atoms with Crippen LogP contribution in [0.25, 0.3) is 33.6 Å². The first-order chi connectivity index (χ1) is 20.5. The van der Waals surface area contributed by atoms with Gasteiger partial charge in [0.25, 0.3) is 0 Å². The molecule has 1 fully saturated rings. The maximum Gasteiger partial charge on any atom is 0.237 e. The molecule has 0 amide bonds. The monoisotopic (exact) mass is 608 g/mol. The summed E-state index contributed by atoms with van der Waals surface area (Å²) >= 11 is 14.0. The summed E-state index contributed by atoms with van der Waals surface area (Å²) in [5.74, 6) is 1.52. The molecule has 5 rings (SSSR count). The average molecular weight is 610 g/mol. The number of halogens is 2. The second-order valence-electron chi connectivity index (χ2n) is 10.2. The number of rotatable bonds is 12. The standard InChI is InChI=1S/C31H34Cl2N6O3/c1-34-13-26-30(41-3)38-24(14-36-26)22-9-5-7-20(28(22)32)21-8-6-10-23(29(21)33)25-15-37-27(31(39-25)42-4)16-35-19-11-18(12-19)17-40-2/h5-10,14-15,18-19,34-35H,11-13,16-17H2,1-4H3. The Morgan fingerprint density at radius 2 is 1.26 bits per heavy atom. The summed E-state index contributed by atoms with van der Waals surface area (Å²) in [4.78, 5) is 18.6. The molecule has 0 atom stereocenters. The van der Waals surface area contributed by atoms with Crippen molar-refractivity contribution in [1.29, 1.82) is 0 Å². The molecule has 1 aliphatic carbocycles. The normalized spacial score (nSPS) is 16.2. The minimum absolute atomic E-state index is 0.442. The second-order valence-corrected chi connectivity index (χ2v) is 10.9. The third kappa shape index (κ3) is 6.35. The zero-order valence-electron chi connectivity index (χ0n) is 24.1. The van der Waals surface area contributed by atoms with Crippen LogP contribution in [-0.4, -0.2) is 61.0 Å². The summed E-state index contributed by atoms with van der Waals surface area (Å²) in [6.07, 6.45) is 5.61. The molecule has 0 radical (unpaired) electrons. The number of methoxy groups -OCH3 is 3.